The Hall–Kier alpha value is -0.650. The van der Waals surface area contributed by atoms with Crippen molar-refractivity contribution in [3.05, 3.63) is 0 Å². The maximum Gasteiger partial charge on any atom is 0.254 e. The number of ether oxygens (including phenoxy) is 2. The van der Waals surface area contributed by atoms with Gasteiger partial charge >= 0.3 is 0 Å². The minimum atomic E-state index is -0.383. The molecule has 0 aromatic carbocycles. The number of amides is 1. The summed E-state index contributed by atoms with van der Waals surface area (Å²) < 4.78 is 11.0. The fraction of sp³-hybridized carbons (Fsp3) is 0.933. The molecule has 0 radical (unpaired) electrons. The lowest BCUT2D eigenvalue weighted by molar-refractivity contribution is -0.169. The Morgan fingerprint density at radius 2 is 1.95 bits per heavy atom. The van der Waals surface area contributed by atoms with Crippen molar-refractivity contribution in [2.45, 2.75) is 43.7 Å². The van der Waals surface area contributed by atoms with Crippen LogP contribution in [0.4, 0.5) is 0 Å². The quantitative estimate of drug-likeness (QED) is 0.716. The van der Waals surface area contributed by atoms with Crippen LogP contribution in [0.25, 0.3) is 0 Å². The van der Waals surface area contributed by atoms with Crippen LogP contribution in [0.5, 0.6) is 0 Å². The minimum Gasteiger partial charge on any atom is -0.376 e. The van der Waals surface area contributed by atoms with Gasteiger partial charge in [0.1, 0.15) is 0 Å². The van der Waals surface area contributed by atoms with Crippen LogP contribution in [0.1, 0.15) is 32.1 Å². The van der Waals surface area contributed by atoms with Crippen LogP contribution in [0.15, 0.2) is 0 Å². The maximum atomic E-state index is 12.8. The van der Waals surface area contributed by atoms with E-state index in [1.165, 1.54) is 19.3 Å². The van der Waals surface area contributed by atoms with Crippen LogP contribution in [0.2, 0.25) is 0 Å². The molecule has 5 heteroatoms. The van der Waals surface area contributed by atoms with Gasteiger partial charge in [-0.05, 0) is 19.9 Å². The van der Waals surface area contributed by atoms with E-state index in [1.807, 2.05) is 0 Å². The number of hydrogen-bond donors (Lipinski definition) is 0. The van der Waals surface area contributed by atoms with E-state index in [2.05, 4.69) is 16.8 Å². The van der Waals surface area contributed by atoms with Gasteiger partial charge in [0, 0.05) is 19.6 Å². The van der Waals surface area contributed by atoms with Gasteiger partial charge in [0.05, 0.1) is 25.4 Å². The van der Waals surface area contributed by atoms with Gasteiger partial charge in [-0.1, -0.05) is 19.3 Å². The molecular weight excluding hydrogens is 256 g/mol. The van der Waals surface area contributed by atoms with Crippen LogP contribution in [-0.4, -0.2) is 73.9 Å². The lowest BCUT2D eigenvalue weighted by atomic mass is 9.78. The van der Waals surface area contributed by atoms with Crippen molar-refractivity contribution < 1.29 is 14.3 Å². The first-order valence-electron chi connectivity index (χ1n) is 7.91. The highest BCUT2D eigenvalue weighted by Crippen LogP contribution is 2.36. The standard InChI is InChI=1S/C15H26N2O3/c1-16-7-8-17(14(18)13-11-19-9-10-20-13)15(12-16)5-3-2-4-6-15/h13H,2-12H2,1H3/t13-/m1/s1. The van der Waals surface area contributed by atoms with Crippen LogP contribution in [0.3, 0.4) is 0 Å². The molecule has 3 fully saturated rings. The molecule has 0 aromatic heterocycles. The predicted octanol–water partition coefficient (Wildman–Crippen LogP) is 0.879. The van der Waals surface area contributed by atoms with Crippen molar-refractivity contribution in [2.24, 2.45) is 0 Å². The first-order chi connectivity index (χ1) is 9.71. The highest BCUT2D eigenvalue weighted by molar-refractivity contribution is 5.82. The molecule has 1 atom stereocenters. The van der Waals surface area contributed by atoms with Gasteiger partial charge in [-0.15, -0.1) is 0 Å². The Balaban J connectivity index is 1.76. The summed E-state index contributed by atoms with van der Waals surface area (Å²) in [7, 11) is 2.17. The highest BCUT2D eigenvalue weighted by atomic mass is 16.6. The zero-order valence-electron chi connectivity index (χ0n) is 12.5. The zero-order valence-corrected chi connectivity index (χ0v) is 12.5. The predicted molar refractivity (Wildman–Crippen MR) is 75.6 cm³/mol. The fourth-order valence-corrected chi connectivity index (χ4v) is 3.96. The van der Waals surface area contributed by atoms with E-state index >= 15 is 0 Å². The number of rotatable bonds is 1. The third-order valence-electron chi connectivity index (χ3n) is 4.98. The molecule has 0 aromatic rings. The molecule has 114 valence electrons. The zero-order chi connectivity index (χ0) is 14.0. The Labute approximate surface area is 121 Å². The smallest absolute Gasteiger partial charge is 0.254 e. The van der Waals surface area contributed by atoms with E-state index in [0.717, 1.165) is 32.5 Å². The molecule has 2 heterocycles. The molecule has 2 saturated heterocycles. The number of carbonyl (C=O) groups is 1. The van der Waals surface area contributed by atoms with Crippen LogP contribution in [-0.2, 0) is 14.3 Å². The minimum absolute atomic E-state index is 0.0448. The van der Waals surface area contributed by atoms with Gasteiger partial charge in [-0.3, -0.25) is 4.79 Å². The Morgan fingerprint density at radius 1 is 1.15 bits per heavy atom. The van der Waals surface area contributed by atoms with E-state index in [-0.39, 0.29) is 17.6 Å². The van der Waals surface area contributed by atoms with E-state index in [0.29, 0.717) is 19.8 Å². The van der Waals surface area contributed by atoms with Crippen molar-refractivity contribution in [3.63, 3.8) is 0 Å². The second kappa shape index (κ2) is 6.00. The van der Waals surface area contributed by atoms with Gasteiger partial charge in [0.25, 0.3) is 5.91 Å². The maximum absolute atomic E-state index is 12.8. The molecule has 2 aliphatic heterocycles. The molecule has 20 heavy (non-hydrogen) atoms. The summed E-state index contributed by atoms with van der Waals surface area (Å²) >= 11 is 0. The van der Waals surface area contributed by atoms with Crippen molar-refractivity contribution in [2.75, 3.05) is 46.5 Å². The molecule has 0 unspecified atom stereocenters. The summed E-state index contributed by atoms with van der Waals surface area (Å²) in [6.07, 6.45) is 5.66. The average Bonchev–Trinajstić information content (AvgIpc) is 2.48. The molecule has 5 nitrogen and oxygen atoms in total. The van der Waals surface area contributed by atoms with E-state index in [9.17, 15) is 4.79 Å². The molecule has 1 aliphatic carbocycles. The molecule has 0 N–H and O–H groups in total. The molecule has 3 rings (SSSR count). The third kappa shape index (κ3) is 2.71. The second-order valence-corrected chi connectivity index (χ2v) is 6.45. The number of carbonyl (C=O) groups excluding carboxylic acids is 1. The summed E-state index contributed by atoms with van der Waals surface area (Å²) in [5.41, 5.74) is 0.0448. The molecule has 3 aliphatic rings. The Bertz CT molecular complexity index is 349. The third-order valence-corrected chi connectivity index (χ3v) is 4.98. The normalized spacial score (nSPS) is 31.4. The first kappa shape index (κ1) is 14.3. The first-order valence-corrected chi connectivity index (χ1v) is 7.91. The van der Waals surface area contributed by atoms with Crippen LogP contribution >= 0.6 is 0 Å². The van der Waals surface area contributed by atoms with Crippen LogP contribution < -0.4 is 0 Å². The largest absolute Gasteiger partial charge is 0.376 e. The number of likely N-dealkylation sites (N-methyl/N-ethyl adjacent to an activating group) is 1. The summed E-state index contributed by atoms with van der Waals surface area (Å²) in [6.45, 7) is 4.36. The van der Waals surface area contributed by atoms with E-state index in [4.69, 9.17) is 9.47 Å². The van der Waals surface area contributed by atoms with Gasteiger partial charge in [-0.2, -0.15) is 0 Å². The van der Waals surface area contributed by atoms with E-state index in [1.54, 1.807) is 0 Å². The van der Waals surface area contributed by atoms with E-state index < -0.39 is 0 Å². The van der Waals surface area contributed by atoms with Gasteiger partial charge < -0.3 is 19.3 Å². The van der Waals surface area contributed by atoms with Crippen molar-refractivity contribution in [3.8, 4) is 0 Å². The molecule has 0 bridgehead atoms. The van der Waals surface area contributed by atoms with Gasteiger partial charge in [-0.25, -0.2) is 0 Å². The highest BCUT2D eigenvalue weighted by Gasteiger charge is 2.45. The number of nitrogens with zero attached hydrogens (tertiary/aromatic N) is 2. The summed E-state index contributed by atoms with van der Waals surface area (Å²) in [5.74, 6) is 0.153. The Kier molecular flexibility index (Phi) is 4.29. The number of piperazine rings is 1. The van der Waals surface area contributed by atoms with Crippen LogP contribution in [0, 0.1) is 0 Å². The lowest BCUT2D eigenvalue weighted by Gasteiger charge is -2.53. The molecule has 1 saturated carbocycles. The van der Waals surface area contributed by atoms with Gasteiger partial charge in [0.2, 0.25) is 0 Å². The lowest BCUT2D eigenvalue weighted by Crippen LogP contribution is -2.66. The number of hydrogen-bond acceptors (Lipinski definition) is 4. The topological polar surface area (TPSA) is 42.0 Å². The summed E-state index contributed by atoms with van der Waals surface area (Å²) in [6, 6.07) is 0. The molecular formula is C15H26N2O3. The molecule has 1 spiro atoms. The van der Waals surface area contributed by atoms with Gasteiger partial charge in [0.15, 0.2) is 6.10 Å². The fourth-order valence-electron chi connectivity index (χ4n) is 3.96. The second-order valence-electron chi connectivity index (χ2n) is 6.45. The Morgan fingerprint density at radius 3 is 2.65 bits per heavy atom. The SMILES string of the molecule is CN1CCN(C(=O)[C@H]2COCCO2)C2(CCCCC2)C1. The monoisotopic (exact) mass is 282 g/mol. The van der Waals surface area contributed by atoms with Crippen molar-refractivity contribution >= 4 is 5.91 Å². The average molecular weight is 282 g/mol. The summed E-state index contributed by atoms with van der Waals surface area (Å²) in [5, 5.41) is 0. The van der Waals surface area contributed by atoms with Crippen molar-refractivity contribution in [1.82, 2.24) is 9.80 Å². The molecule has 1 amide bonds. The summed E-state index contributed by atoms with van der Waals surface area (Å²) in [4.78, 5) is 17.3. The van der Waals surface area contributed by atoms with Crippen molar-refractivity contribution in [1.29, 1.82) is 0 Å².